The van der Waals surface area contributed by atoms with Gasteiger partial charge in [-0.15, -0.1) is 0 Å². The average molecular weight is 271 g/mol. The van der Waals surface area contributed by atoms with Crippen LogP contribution >= 0.6 is 0 Å². The summed E-state index contributed by atoms with van der Waals surface area (Å²) in [5.41, 5.74) is 0. The molecule has 0 aromatic rings. The third kappa shape index (κ3) is 8.61. The molecule has 0 amide bonds. The quantitative estimate of drug-likeness (QED) is 0.634. The van der Waals surface area contributed by atoms with E-state index in [-0.39, 0.29) is 6.10 Å². The lowest BCUT2D eigenvalue weighted by molar-refractivity contribution is -0.0305. The zero-order valence-electron chi connectivity index (χ0n) is 13.0. The highest BCUT2D eigenvalue weighted by atomic mass is 16.5. The van der Waals surface area contributed by atoms with E-state index < -0.39 is 0 Å². The van der Waals surface area contributed by atoms with Crippen LogP contribution in [-0.2, 0) is 4.74 Å². The smallest absolute Gasteiger partial charge is 0.0897 e. The average Bonchev–Trinajstić information content (AvgIpc) is 2.35. The van der Waals surface area contributed by atoms with Crippen molar-refractivity contribution in [3.63, 3.8) is 0 Å². The molecule has 3 unspecified atom stereocenters. The van der Waals surface area contributed by atoms with E-state index in [1.54, 1.807) is 0 Å². The Bertz CT molecular complexity index is 221. The van der Waals surface area contributed by atoms with E-state index in [1.165, 1.54) is 32.1 Å². The van der Waals surface area contributed by atoms with E-state index in [1.807, 2.05) is 0 Å². The van der Waals surface area contributed by atoms with Gasteiger partial charge in [0, 0.05) is 6.54 Å². The lowest BCUT2D eigenvalue weighted by Crippen LogP contribution is -2.33. The van der Waals surface area contributed by atoms with Gasteiger partial charge in [0.05, 0.1) is 18.8 Å². The molecule has 0 aromatic heterocycles. The number of nitrogens with one attached hydrogen (secondary N) is 1. The summed E-state index contributed by atoms with van der Waals surface area (Å²) in [7, 11) is 0. The fourth-order valence-electron chi connectivity index (χ4n) is 2.74. The van der Waals surface area contributed by atoms with Crippen molar-refractivity contribution in [2.45, 2.75) is 71.5 Å². The van der Waals surface area contributed by atoms with E-state index in [0.717, 1.165) is 24.8 Å². The minimum Gasteiger partial charge on any atom is -0.389 e. The molecule has 0 radical (unpaired) electrons. The fourth-order valence-corrected chi connectivity index (χ4v) is 2.74. The number of aliphatic hydroxyl groups excluding tert-OH is 1. The van der Waals surface area contributed by atoms with Crippen LogP contribution in [0, 0.1) is 11.8 Å². The minimum atomic E-state index is -0.365. The molecule has 0 heterocycles. The minimum absolute atomic E-state index is 0.365. The molecule has 1 fully saturated rings. The van der Waals surface area contributed by atoms with Gasteiger partial charge in [-0.1, -0.05) is 33.6 Å². The zero-order chi connectivity index (χ0) is 14.1. The van der Waals surface area contributed by atoms with Crippen molar-refractivity contribution in [2.24, 2.45) is 11.8 Å². The van der Waals surface area contributed by atoms with E-state index in [4.69, 9.17) is 4.74 Å². The standard InChI is InChI=1S/C16H33NO2/c1-13(2)6-5-9-17-11-15(18)12-19-16-8-4-7-14(3)10-16/h13-18H,4-12H2,1-3H3. The number of ether oxygens (including phenoxy) is 1. The Morgan fingerprint density at radius 1 is 1.32 bits per heavy atom. The number of rotatable bonds is 9. The molecule has 0 saturated heterocycles. The van der Waals surface area contributed by atoms with Gasteiger partial charge in [-0.25, -0.2) is 0 Å². The van der Waals surface area contributed by atoms with Gasteiger partial charge in [-0.2, -0.15) is 0 Å². The first-order valence-corrected chi connectivity index (χ1v) is 8.08. The van der Waals surface area contributed by atoms with Crippen LogP contribution < -0.4 is 5.32 Å². The molecule has 1 saturated carbocycles. The molecule has 0 aromatic carbocycles. The molecule has 0 spiro atoms. The first-order valence-electron chi connectivity index (χ1n) is 8.08. The van der Waals surface area contributed by atoms with Gasteiger partial charge >= 0.3 is 0 Å². The maximum atomic E-state index is 9.87. The monoisotopic (exact) mass is 271 g/mol. The molecule has 1 rings (SSSR count). The van der Waals surface area contributed by atoms with E-state index in [0.29, 0.717) is 19.3 Å². The Morgan fingerprint density at radius 3 is 2.79 bits per heavy atom. The van der Waals surface area contributed by atoms with Crippen LogP contribution in [0.2, 0.25) is 0 Å². The fraction of sp³-hybridized carbons (Fsp3) is 1.00. The summed E-state index contributed by atoms with van der Waals surface area (Å²) < 4.78 is 5.82. The third-order valence-corrected chi connectivity index (χ3v) is 3.93. The van der Waals surface area contributed by atoms with E-state index >= 15 is 0 Å². The van der Waals surface area contributed by atoms with Crippen molar-refractivity contribution in [3.8, 4) is 0 Å². The zero-order valence-corrected chi connectivity index (χ0v) is 13.0. The van der Waals surface area contributed by atoms with Crippen molar-refractivity contribution < 1.29 is 9.84 Å². The largest absolute Gasteiger partial charge is 0.389 e. The van der Waals surface area contributed by atoms with E-state index in [2.05, 4.69) is 26.1 Å². The van der Waals surface area contributed by atoms with Crippen LogP contribution in [0.25, 0.3) is 0 Å². The van der Waals surface area contributed by atoms with Crippen LogP contribution in [0.15, 0.2) is 0 Å². The second-order valence-electron chi connectivity index (χ2n) is 6.62. The molecule has 3 nitrogen and oxygen atoms in total. The highest BCUT2D eigenvalue weighted by Crippen LogP contribution is 2.25. The summed E-state index contributed by atoms with van der Waals surface area (Å²) in [4.78, 5) is 0. The SMILES string of the molecule is CC(C)CCCNCC(O)COC1CCCC(C)C1. The second kappa shape index (κ2) is 9.73. The van der Waals surface area contributed by atoms with Gasteiger partial charge in [0.2, 0.25) is 0 Å². The summed E-state index contributed by atoms with van der Waals surface area (Å²) >= 11 is 0. The van der Waals surface area contributed by atoms with Gasteiger partial charge in [0.25, 0.3) is 0 Å². The van der Waals surface area contributed by atoms with Gasteiger partial charge < -0.3 is 15.2 Å². The predicted octanol–water partition coefficient (Wildman–Crippen LogP) is 2.97. The first-order chi connectivity index (χ1) is 9.08. The number of aliphatic hydroxyl groups is 1. The third-order valence-electron chi connectivity index (χ3n) is 3.93. The molecule has 1 aliphatic carbocycles. The van der Waals surface area contributed by atoms with Crippen LogP contribution in [0.4, 0.5) is 0 Å². The first kappa shape index (κ1) is 16.9. The Hall–Kier alpha value is -0.120. The molecule has 3 heteroatoms. The molecular weight excluding hydrogens is 238 g/mol. The van der Waals surface area contributed by atoms with Crippen molar-refractivity contribution >= 4 is 0 Å². The van der Waals surface area contributed by atoms with Gasteiger partial charge in [-0.3, -0.25) is 0 Å². The van der Waals surface area contributed by atoms with Gasteiger partial charge in [0.15, 0.2) is 0 Å². The van der Waals surface area contributed by atoms with Crippen molar-refractivity contribution in [1.82, 2.24) is 5.32 Å². The van der Waals surface area contributed by atoms with E-state index in [9.17, 15) is 5.11 Å². The number of hydrogen-bond acceptors (Lipinski definition) is 3. The van der Waals surface area contributed by atoms with Gasteiger partial charge in [0.1, 0.15) is 0 Å². The van der Waals surface area contributed by atoms with Crippen molar-refractivity contribution in [1.29, 1.82) is 0 Å². The molecule has 1 aliphatic rings. The molecule has 114 valence electrons. The molecule has 0 aliphatic heterocycles. The van der Waals surface area contributed by atoms with Crippen LogP contribution in [0.5, 0.6) is 0 Å². The maximum Gasteiger partial charge on any atom is 0.0897 e. The molecule has 3 atom stereocenters. The summed E-state index contributed by atoms with van der Waals surface area (Å²) in [6, 6.07) is 0. The van der Waals surface area contributed by atoms with Crippen molar-refractivity contribution in [2.75, 3.05) is 19.7 Å². The van der Waals surface area contributed by atoms with Crippen LogP contribution in [0.1, 0.15) is 59.3 Å². The lowest BCUT2D eigenvalue weighted by atomic mass is 9.89. The Morgan fingerprint density at radius 2 is 2.11 bits per heavy atom. The maximum absolute atomic E-state index is 9.87. The summed E-state index contributed by atoms with van der Waals surface area (Å²) in [5.74, 6) is 1.55. The Labute approximate surface area is 119 Å². The topological polar surface area (TPSA) is 41.5 Å². The van der Waals surface area contributed by atoms with Crippen LogP contribution in [-0.4, -0.2) is 37.0 Å². The summed E-state index contributed by atoms with van der Waals surface area (Å²) in [6.45, 7) is 8.91. The molecule has 0 bridgehead atoms. The Balaban J connectivity index is 1.96. The van der Waals surface area contributed by atoms with Gasteiger partial charge in [-0.05, 0) is 44.1 Å². The normalized spacial score (nSPS) is 25.7. The number of hydrogen-bond donors (Lipinski definition) is 2. The highest BCUT2D eigenvalue weighted by Gasteiger charge is 2.20. The molecular formula is C16H33NO2. The molecule has 19 heavy (non-hydrogen) atoms. The van der Waals surface area contributed by atoms with Crippen LogP contribution in [0.3, 0.4) is 0 Å². The Kier molecular flexibility index (Phi) is 8.67. The highest BCUT2D eigenvalue weighted by molar-refractivity contribution is 4.71. The second-order valence-corrected chi connectivity index (χ2v) is 6.62. The summed E-state index contributed by atoms with van der Waals surface area (Å²) in [5, 5.41) is 13.2. The lowest BCUT2D eigenvalue weighted by Gasteiger charge is -2.27. The summed E-state index contributed by atoms with van der Waals surface area (Å²) in [6.07, 6.45) is 7.38. The molecule has 2 N–H and O–H groups in total. The predicted molar refractivity (Wildman–Crippen MR) is 80.3 cm³/mol. The van der Waals surface area contributed by atoms with Crippen molar-refractivity contribution in [3.05, 3.63) is 0 Å².